The fourth-order valence-electron chi connectivity index (χ4n) is 3.65. The number of aryl methyl sites for hydroxylation is 3. The second-order valence-electron chi connectivity index (χ2n) is 7.28. The molecule has 1 N–H and O–H groups in total. The van der Waals surface area contributed by atoms with Gasteiger partial charge in [-0.15, -0.1) is 11.3 Å². The minimum atomic E-state index is -0.0673. The monoisotopic (exact) mass is 383 g/mol. The van der Waals surface area contributed by atoms with Crippen molar-refractivity contribution in [2.24, 2.45) is 7.05 Å². The second kappa shape index (κ2) is 6.98. The molecule has 0 aliphatic carbocycles. The van der Waals surface area contributed by atoms with E-state index in [1.165, 1.54) is 22.6 Å². The first-order chi connectivity index (χ1) is 12.9. The van der Waals surface area contributed by atoms with Gasteiger partial charge in [0, 0.05) is 50.0 Å². The number of rotatable bonds is 3. The zero-order valence-electron chi connectivity index (χ0n) is 16.2. The molecule has 1 fully saturated rings. The van der Waals surface area contributed by atoms with Gasteiger partial charge in [0.15, 0.2) is 0 Å². The van der Waals surface area contributed by atoms with Gasteiger partial charge in [-0.05, 0) is 50.7 Å². The lowest BCUT2D eigenvalue weighted by Gasteiger charge is -2.35. The molecule has 6 nitrogen and oxygen atoms in total. The molecule has 0 radical (unpaired) electrons. The average Bonchev–Trinajstić information content (AvgIpc) is 3.18. The van der Waals surface area contributed by atoms with E-state index in [4.69, 9.17) is 0 Å². The van der Waals surface area contributed by atoms with Gasteiger partial charge in [-0.3, -0.25) is 9.48 Å². The van der Waals surface area contributed by atoms with Crippen LogP contribution >= 0.6 is 11.3 Å². The van der Waals surface area contributed by atoms with E-state index in [0.717, 1.165) is 47.8 Å². The zero-order valence-corrected chi connectivity index (χ0v) is 17.1. The van der Waals surface area contributed by atoms with Gasteiger partial charge >= 0.3 is 0 Å². The van der Waals surface area contributed by atoms with E-state index in [2.05, 4.69) is 46.3 Å². The van der Waals surface area contributed by atoms with Crippen molar-refractivity contribution in [3.63, 3.8) is 0 Å². The van der Waals surface area contributed by atoms with Gasteiger partial charge in [-0.1, -0.05) is 0 Å². The minimum absolute atomic E-state index is 0.0673. The van der Waals surface area contributed by atoms with Gasteiger partial charge < -0.3 is 15.1 Å². The van der Waals surface area contributed by atoms with Crippen LogP contribution in [0.25, 0.3) is 10.2 Å². The Morgan fingerprint density at radius 2 is 1.85 bits per heavy atom. The number of nitrogens with one attached hydrogen (secondary N) is 1. The number of carbonyl (C=O) groups excluding carboxylic acids is 1. The lowest BCUT2D eigenvalue weighted by molar-refractivity contribution is 0.103. The quantitative estimate of drug-likeness (QED) is 0.754. The van der Waals surface area contributed by atoms with Crippen LogP contribution in [0, 0.1) is 13.8 Å². The molecule has 0 unspecified atom stereocenters. The summed E-state index contributed by atoms with van der Waals surface area (Å²) >= 11 is 1.48. The third-order valence-corrected chi connectivity index (χ3v) is 6.42. The highest BCUT2D eigenvalue weighted by Gasteiger charge is 2.18. The molecular formula is C20H25N5OS. The van der Waals surface area contributed by atoms with E-state index in [-0.39, 0.29) is 5.91 Å². The molecular weight excluding hydrogens is 358 g/mol. The number of piperazine rings is 1. The molecule has 0 saturated carbocycles. The number of likely N-dealkylation sites (N-methyl/N-ethyl adjacent to an activating group) is 1. The number of aromatic nitrogens is 2. The minimum Gasteiger partial charge on any atom is -0.369 e. The van der Waals surface area contributed by atoms with Crippen LogP contribution in [0.5, 0.6) is 0 Å². The van der Waals surface area contributed by atoms with Gasteiger partial charge in [0.25, 0.3) is 5.91 Å². The number of nitrogens with zero attached hydrogens (tertiary/aromatic N) is 4. The highest BCUT2D eigenvalue weighted by atomic mass is 32.1. The van der Waals surface area contributed by atoms with E-state index >= 15 is 0 Å². The van der Waals surface area contributed by atoms with E-state index in [9.17, 15) is 4.79 Å². The highest BCUT2D eigenvalue weighted by Crippen LogP contribution is 2.29. The molecule has 1 amide bonds. The number of fused-ring (bicyclic) bond motifs is 1. The lowest BCUT2D eigenvalue weighted by atomic mass is 10.1. The summed E-state index contributed by atoms with van der Waals surface area (Å²) in [6, 6.07) is 8.11. The molecule has 7 heteroatoms. The molecule has 0 bridgehead atoms. The topological polar surface area (TPSA) is 53.4 Å². The van der Waals surface area contributed by atoms with Crippen molar-refractivity contribution in [2.75, 3.05) is 43.4 Å². The molecule has 1 aromatic carbocycles. The second-order valence-corrected chi connectivity index (χ2v) is 8.31. The SMILES string of the molecule is Cc1cc(NC(=O)c2cc3c(C)nn(C)c3s2)ccc1N1CCN(C)CC1. The molecule has 1 aliphatic heterocycles. The maximum atomic E-state index is 12.7. The summed E-state index contributed by atoms with van der Waals surface area (Å²) in [4.78, 5) is 19.2. The molecule has 142 valence electrons. The Kier molecular flexibility index (Phi) is 4.65. The maximum absolute atomic E-state index is 12.7. The summed E-state index contributed by atoms with van der Waals surface area (Å²) in [6.07, 6.45) is 0. The van der Waals surface area contributed by atoms with Crippen LogP contribution in [0.4, 0.5) is 11.4 Å². The smallest absolute Gasteiger partial charge is 0.265 e. The number of anilines is 2. The van der Waals surface area contributed by atoms with Gasteiger partial charge in [0.05, 0.1) is 10.6 Å². The number of hydrogen-bond donors (Lipinski definition) is 1. The van der Waals surface area contributed by atoms with Crippen LogP contribution in [-0.2, 0) is 7.05 Å². The molecule has 3 heterocycles. The van der Waals surface area contributed by atoms with Crippen molar-refractivity contribution in [2.45, 2.75) is 13.8 Å². The Morgan fingerprint density at radius 1 is 1.11 bits per heavy atom. The van der Waals surface area contributed by atoms with Crippen molar-refractivity contribution >= 4 is 38.8 Å². The van der Waals surface area contributed by atoms with Crippen LogP contribution in [0.3, 0.4) is 0 Å². The lowest BCUT2D eigenvalue weighted by Crippen LogP contribution is -2.44. The van der Waals surface area contributed by atoms with E-state index in [1.807, 2.05) is 30.8 Å². The summed E-state index contributed by atoms with van der Waals surface area (Å²) in [7, 11) is 4.07. The Labute approximate surface area is 163 Å². The Morgan fingerprint density at radius 3 is 2.52 bits per heavy atom. The first kappa shape index (κ1) is 18.0. The van der Waals surface area contributed by atoms with Crippen molar-refractivity contribution in [1.82, 2.24) is 14.7 Å². The first-order valence-electron chi connectivity index (χ1n) is 9.21. The third kappa shape index (κ3) is 3.44. The zero-order chi connectivity index (χ0) is 19.1. The van der Waals surface area contributed by atoms with Crippen molar-refractivity contribution in [1.29, 1.82) is 0 Å². The Balaban J connectivity index is 1.51. The van der Waals surface area contributed by atoms with E-state index in [0.29, 0.717) is 4.88 Å². The maximum Gasteiger partial charge on any atom is 0.265 e. The summed E-state index contributed by atoms with van der Waals surface area (Å²) in [5, 5.41) is 8.48. The largest absolute Gasteiger partial charge is 0.369 e. The molecule has 2 aromatic heterocycles. The van der Waals surface area contributed by atoms with Crippen LogP contribution < -0.4 is 10.2 Å². The molecule has 27 heavy (non-hydrogen) atoms. The van der Waals surface area contributed by atoms with Crippen LogP contribution in [0.15, 0.2) is 24.3 Å². The molecule has 0 atom stereocenters. The van der Waals surface area contributed by atoms with E-state index < -0.39 is 0 Å². The van der Waals surface area contributed by atoms with Crippen LogP contribution in [-0.4, -0.2) is 53.8 Å². The normalized spacial score (nSPS) is 15.5. The Bertz CT molecular complexity index is 963. The number of amides is 1. The molecule has 1 saturated heterocycles. The van der Waals surface area contributed by atoms with Crippen LogP contribution in [0.2, 0.25) is 0 Å². The molecule has 4 rings (SSSR count). The van der Waals surface area contributed by atoms with Crippen molar-refractivity contribution < 1.29 is 4.79 Å². The predicted molar refractivity (Wildman–Crippen MR) is 112 cm³/mol. The van der Waals surface area contributed by atoms with Gasteiger partial charge in [-0.2, -0.15) is 5.10 Å². The fourth-order valence-corrected chi connectivity index (χ4v) is 4.66. The summed E-state index contributed by atoms with van der Waals surface area (Å²) in [5.74, 6) is -0.0673. The van der Waals surface area contributed by atoms with Crippen LogP contribution in [0.1, 0.15) is 20.9 Å². The summed E-state index contributed by atoms with van der Waals surface area (Å²) in [5.41, 5.74) is 4.23. The summed E-state index contributed by atoms with van der Waals surface area (Å²) in [6.45, 7) is 8.32. The first-order valence-corrected chi connectivity index (χ1v) is 10.0. The molecule has 3 aromatic rings. The Hall–Kier alpha value is -2.38. The number of carbonyl (C=O) groups is 1. The fraction of sp³-hybridized carbons (Fsp3) is 0.400. The standard InChI is InChI=1S/C20H25N5OS/c1-13-11-15(5-6-17(13)25-9-7-23(3)8-10-25)21-19(26)18-12-16-14(2)22-24(4)20(16)27-18/h5-6,11-12H,7-10H2,1-4H3,(H,21,26). The number of thiophene rings is 1. The van der Waals surface area contributed by atoms with Gasteiger partial charge in [-0.25, -0.2) is 0 Å². The van der Waals surface area contributed by atoms with Crippen molar-refractivity contribution in [3.8, 4) is 0 Å². The van der Waals surface area contributed by atoms with E-state index in [1.54, 1.807) is 0 Å². The molecule has 1 aliphatic rings. The number of benzene rings is 1. The van der Waals surface area contributed by atoms with Gasteiger partial charge in [0.1, 0.15) is 4.83 Å². The van der Waals surface area contributed by atoms with Crippen molar-refractivity contribution in [3.05, 3.63) is 40.4 Å². The van der Waals surface area contributed by atoms with Gasteiger partial charge in [0.2, 0.25) is 0 Å². The predicted octanol–water partition coefficient (Wildman–Crippen LogP) is 3.26. The molecule has 0 spiro atoms. The number of hydrogen-bond acceptors (Lipinski definition) is 5. The average molecular weight is 384 g/mol. The highest BCUT2D eigenvalue weighted by molar-refractivity contribution is 7.20. The summed E-state index contributed by atoms with van der Waals surface area (Å²) < 4.78 is 1.83. The third-order valence-electron chi connectivity index (χ3n) is 5.22.